The average Bonchev–Trinajstić information content (AvgIpc) is 3.62. The Morgan fingerprint density at radius 1 is 0.316 bits per heavy atom. The van der Waals surface area contributed by atoms with Crippen LogP contribution in [0.15, 0.2) is 121 Å². The topological polar surface area (TPSA) is 9.34 Å². The Morgan fingerprint density at radius 2 is 0.816 bits per heavy atom. The van der Waals surface area contributed by atoms with Crippen LogP contribution in [0, 0.1) is 0 Å². The van der Waals surface area contributed by atoms with E-state index in [2.05, 4.69) is 130 Å². The first-order chi connectivity index (χ1) is 18.9. The predicted molar refractivity (Wildman–Crippen MR) is 162 cm³/mol. The molecule has 7 aromatic carbocycles. The first-order valence-electron chi connectivity index (χ1n) is 13.2. The highest BCUT2D eigenvalue weighted by molar-refractivity contribution is 6.39. The highest BCUT2D eigenvalue weighted by Crippen LogP contribution is 2.48. The molecule has 0 saturated carbocycles. The van der Waals surface area contributed by atoms with E-state index in [-0.39, 0.29) is 0 Å². The summed E-state index contributed by atoms with van der Waals surface area (Å²) >= 11 is 0. The quantitative estimate of drug-likeness (QED) is 0.207. The van der Waals surface area contributed by atoms with Crippen molar-refractivity contribution in [2.24, 2.45) is 0 Å². The zero-order valence-corrected chi connectivity index (χ0v) is 20.4. The van der Waals surface area contributed by atoms with Crippen LogP contribution in [-0.4, -0.2) is 8.97 Å². The molecule has 0 unspecified atom stereocenters. The molecule has 2 nitrogen and oxygen atoms in total. The van der Waals surface area contributed by atoms with Gasteiger partial charge in [-0.1, -0.05) is 97.1 Å². The molecule has 0 atom stereocenters. The predicted octanol–water partition coefficient (Wildman–Crippen LogP) is 9.68. The molecule has 174 valence electrons. The third-order valence-electron chi connectivity index (χ3n) is 8.79. The molecule has 0 N–H and O–H groups in total. The van der Waals surface area contributed by atoms with Gasteiger partial charge in [0.1, 0.15) is 0 Å². The number of para-hydroxylation sites is 3. The molecule has 0 bridgehead atoms. The summed E-state index contributed by atoms with van der Waals surface area (Å²) in [5, 5.41) is 13.3. The molecule has 2 heteroatoms. The molecule has 10 rings (SSSR count). The maximum absolute atomic E-state index is 2.55. The third-order valence-corrected chi connectivity index (χ3v) is 8.79. The summed E-state index contributed by atoms with van der Waals surface area (Å²) in [4.78, 5) is 0. The summed E-state index contributed by atoms with van der Waals surface area (Å²) in [6.07, 6.45) is 0. The SMILES string of the molecule is c1ccc2c(c1)c1cccc3c1c1c2ccc2c4cccc(-n5c6ccccc6c6ccccc65)c4n3c21. The van der Waals surface area contributed by atoms with Gasteiger partial charge >= 0.3 is 0 Å². The molecule has 3 heterocycles. The largest absolute Gasteiger partial charge is 0.307 e. The Labute approximate surface area is 217 Å². The molecular weight excluding hydrogens is 460 g/mol. The lowest BCUT2D eigenvalue weighted by atomic mass is 9.93. The molecule has 10 aromatic rings. The van der Waals surface area contributed by atoms with Crippen LogP contribution >= 0.6 is 0 Å². The standard InChI is InChI=1S/C36H20N2/c1-2-10-22-21(9-1)25-13-7-17-31-33(25)34-26(22)19-20-28-27-14-8-18-32(35(27)38(31)36(28)34)37-29-15-5-3-11-23(29)24-12-4-6-16-30(24)37/h1-20H. The van der Waals surface area contributed by atoms with Crippen LogP contribution in [0.3, 0.4) is 0 Å². The number of hydrogen-bond donors (Lipinski definition) is 0. The number of hydrogen-bond acceptors (Lipinski definition) is 0. The van der Waals surface area contributed by atoms with E-state index in [0.29, 0.717) is 0 Å². The van der Waals surface area contributed by atoms with Crippen LogP contribution in [0.25, 0.3) is 87.1 Å². The van der Waals surface area contributed by atoms with Crippen LogP contribution in [-0.2, 0) is 0 Å². The van der Waals surface area contributed by atoms with Crippen molar-refractivity contribution in [2.45, 2.75) is 0 Å². The van der Waals surface area contributed by atoms with Gasteiger partial charge < -0.3 is 8.97 Å². The second kappa shape index (κ2) is 6.42. The summed E-state index contributed by atoms with van der Waals surface area (Å²) in [7, 11) is 0. The van der Waals surface area contributed by atoms with Gasteiger partial charge in [0, 0.05) is 32.3 Å². The molecular formula is C36H20N2. The summed E-state index contributed by atoms with van der Waals surface area (Å²) in [5.74, 6) is 0. The van der Waals surface area contributed by atoms with Gasteiger partial charge in [0.25, 0.3) is 0 Å². The maximum Gasteiger partial charge on any atom is 0.0782 e. The average molecular weight is 481 g/mol. The number of benzene rings is 7. The highest BCUT2D eigenvalue weighted by atomic mass is 15.0. The molecule has 38 heavy (non-hydrogen) atoms. The Bertz CT molecular complexity index is 2510. The minimum absolute atomic E-state index is 1.22. The monoisotopic (exact) mass is 480 g/mol. The fraction of sp³-hybridized carbons (Fsp3) is 0. The van der Waals surface area contributed by atoms with Crippen molar-refractivity contribution in [2.75, 3.05) is 0 Å². The van der Waals surface area contributed by atoms with E-state index in [0.717, 1.165) is 0 Å². The summed E-state index contributed by atoms with van der Waals surface area (Å²) < 4.78 is 5.01. The molecule has 0 aliphatic carbocycles. The second-order valence-corrected chi connectivity index (χ2v) is 10.5. The second-order valence-electron chi connectivity index (χ2n) is 10.5. The fourth-order valence-corrected chi connectivity index (χ4v) is 7.38. The fourth-order valence-electron chi connectivity index (χ4n) is 7.38. The van der Waals surface area contributed by atoms with Crippen LogP contribution in [0.1, 0.15) is 0 Å². The summed E-state index contributed by atoms with van der Waals surface area (Å²) in [5.41, 5.74) is 7.59. The first-order valence-corrected chi connectivity index (χ1v) is 13.2. The van der Waals surface area contributed by atoms with Crippen molar-refractivity contribution >= 4 is 81.4 Å². The normalized spacial score (nSPS) is 12.7. The highest BCUT2D eigenvalue weighted by Gasteiger charge is 2.24. The van der Waals surface area contributed by atoms with Gasteiger partial charge in [0.2, 0.25) is 0 Å². The number of aromatic nitrogens is 2. The van der Waals surface area contributed by atoms with E-state index in [1.807, 2.05) is 0 Å². The molecule has 0 aliphatic rings. The lowest BCUT2D eigenvalue weighted by Crippen LogP contribution is -1.96. The lowest BCUT2D eigenvalue weighted by Gasteiger charge is -2.11. The van der Waals surface area contributed by atoms with Gasteiger partial charge in [-0.25, -0.2) is 0 Å². The number of fused-ring (bicyclic) bond motifs is 10. The molecule has 0 aliphatic heterocycles. The van der Waals surface area contributed by atoms with E-state index in [1.54, 1.807) is 0 Å². The Hall–Kier alpha value is -5.08. The van der Waals surface area contributed by atoms with E-state index in [9.17, 15) is 0 Å². The van der Waals surface area contributed by atoms with Crippen molar-refractivity contribution in [3.63, 3.8) is 0 Å². The van der Waals surface area contributed by atoms with Gasteiger partial charge in [0.15, 0.2) is 0 Å². The van der Waals surface area contributed by atoms with Crippen LogP contribution < -0.4 is 0 Å². The van der Waals surface area contributed by atoms with E-state index in [1.165, 1.54) is 87.1 Å². The van der Waals surface area contributed by atoms with Crippen molar-refractivity contribution < 1.29 is 0 Å². The zero-order chi connectivity index (χ0) is 24.5. The molecule has 3 aromatic heterocycles. The van der Waals surface area contributed by atoms with Gasteiger partial charge in [-0.15, -0.1) is 0 Å². The van der Waals surface area contributed by atoms with E-state index < -0.39 is 0 Å². The molecule has 0 amide bonds. The number of rotatable bonds is 1. The Balaban J connectivity index is 1.52. The van der Waals surface area contributed by atoms with Gasteiger partial charge in [0.05, 0.1) is 33.3 Å². The first kappa shape index (κ1) is 19.1. The van der Waals surface area contributed by atoms with Crippen LogP contribution in [0.5, 0.6) is 0 Å². The van der Waals surface area contributed by atoms with Crippen molar-refractivity contribution in [1.29, 1.82) is 0 Å². The van der Waals surface area contributed by atoms with E-state index in [4.69, 9.17) is 0 Å². The van der Waals surface area contributed by atoms with Crippen molar-refractivity contribution in [3.05, 3.63) is 121 Å². The zero-order valence-electron chi connectivity index (χ0n) is 20.4. The van der Waals surface area contributed by atoms with Crippen molar-refractivity contribution in [3.8, 4) is 5.69 Å². The lowest BCUT2D eigenvalue weighted by molar-refractivity contribution is 1.18. The Morgan fingerprint density at radius 3 is 1.55 bits per heavy atom. The van der Waals surface area contributed by atoms with Gasteiger partial charge in [-0.05, 0) is 45.8 Å². The van der Waals surface area contributed by atoms with Crippen LogP contribution in [0.4, 0.5) is 0 Å². The number of nitrogens with zero attached hydrogens (tertiary/aromatic N) is 2. The van der Waals surface area contributed by atoms with Gasteiger partial charge in [-0.2, -0.15) is 0 Å². The summed E-state index contributed by atoms with van der Waals surface area (Å²) in [6, 6.07) is 44.8. The van der Waals surface area contributed by atoms with Gasteiger partial charge in [-0.3, -0.25) is 0 Å². The van der Waals surface area contributed by atoms with E-state index >= 15 is 0 Å². The molecule has 0 spiro atoms. The van der Waals surface area contributed by atoms with Crippen LogP contribution in [0.2, 0.25) is 0 Å². The summed E-state index contributed by atoms with van der Waals surface area (Å²) in [6.45, 7) is 0. The minimum Gasteiger partial charge on any atom is -0.307 e. The Kier molecular flexibility index (Phi) is 3.23. The third kappa shape index (κ3) is 2.02. The smallest absolute Gasteiger partial charge is 0.0782 e. The maximum atomic E-state index is 2.55. The van der Waals surface area contributed by atoms with Crippen molar-refractivity contribution in [1.82, 2.24) is 8.97 Å². The molecule has 0 fully saturated rings. The minimum atomic E-state index is 1.22. The molecule has 0 radical (unpaired) electrons. The molecule has 0 saturated heterocycles.